The van der Waals surface area contributed by atoms with Crippen LogP contribution in [-0.4, -0.2) is 93.9 Å². The van der Waals surface area contributed by atoms with Gasteiger partial charge in [-0.15, -0.1) is 0 Å². The molecule has 176 valence electrons. The van der Waals surface area contributed by atoms with Gasteiger partial charge in [0.05, 0.1) is 16.5 Å². The number of sulfonamides is 1. The smallest absolute Gasteiger partial charge is 0.243 e. The van der Waals surface area contributed by atoms with Crippen molar-refractivity contribution >= 4 is 10.0 Å². The lowest BCUT2D eigenvalue weighted by molar-refractivity contribution is 0.222. The van der Waals surface area contributed by atoms with Gasteiger partial charge in [0.15, 0.2) is 0 Å². The third kappa shape index (κ3) is 5.62. The maximum Gasteiger partial charge on any atom is 0.243 e. The molecule has 2 aliphatic rings. The number of nitriles is 1. The Morgan fingerprint density at radius 3 is 2.21 bits per heavy atom. The second-order valence-corrected chi connectivity index (χ2v) is 11.1. The summed E-state index contributed by atoms with van der Waals surface area (Å²) < 4.78 is 27.5. The minimum atomic E-state index is -3.50. The van der Waals surface area contributed by atoms with Gasteiger partial charge in [-0.05, 0) is 68.5 Å². The van der Waals surface area contributed by atoms with Crippen LogP contribution < -0.4 is 0 Å². The first-order valence-corrected chi connectivity index (χ1v) is 13.0. The number of piperazine rings is 1. The zero-order valence-electron chi connectivity index (χ0n) is 19.6. The minimum Gasteiger partial charge on any atom is -0.305 e. The zero-order valence-corrected chi connectivity index (χ0v) is 20.4. The van der Waals surface area contributed by atoms with E-state index >= 15 is 0 Å². The molecule has 0 N–H and O–H groups in total. The van der Waals surface area contributed by atoms with Crippen LogP contribution in [0.2, 0.25) is 0 Å². The van der Waals surface area contributed by atoms with Crippen LogP contribution in [0.15, 0.2) is 47.4 Å². The Labute approximate surface area is 197 Å². The molecule has 4 rings (SSSR count). The van der Waals surface area contributed by atoms with Crippen molar-refractivity contribution in [3.8, 4) is 17.2 Å². The fourth-order valence-electron chi connectivity index (χ4n) is 4.53. The van der Waals surface area contributed by atoms with Crippen molar-refractivity contribution < 1.29 is 8.42 Å². The van der Waals surface area contributed by atoms with Crippen molar-refractivity contribution in [2.75, 3.05) is 66.5 Å². The maximum atomic E-state index is 13.0. The zero-order chi connectivity index (χ0) is 23.4. The third-order valence-electron chi connectivity index (χ3n) is 6.69. The summed E-state index contributed by atoms with van der Waals surface area (Å²) in [5, 5.41) is 9.79. The average molecular weight is 468 g/mol. The van der Waals surface area contributed by atoms with E-state index in [9.17, 15) is 13.7 Å². The van der Waals surface area contributed by atoms with E-state index < -0.39 is 10.0 Å². The highest BCUT2D eigenvalue weighted by Gasteiger charge is 2.27. The lowest BCUT2D eigenvalue weighted by atomic mass is 9.98. The van der Waals surface area contributed by atoms with Gasteiger partial charge in [-0.25, -0.2) is 8.42 Å². The normalized spacial score (nSPS) is 19.8. The van der Waals surface area contributed by atoms with Gasteiger partial charge in [0.2, 0.25) is 10.0 Å². The van der Waals surface area contributed by atoms with Gasteiger partial charge in [0.25, 0.3) is 0 Å². The van der Waals surface area contributed by atoms with Crippen LogP contribution in [0.1, 0.15) is 17.5 Å². The van der Waals surface area contributed by atoms with Gasteiger partial charge in [-0.3, -0.25) is 4.90 Å². The van der Waals surface area contributed by atoms with Gasteiger partial charge >= 0.3 is 0 Å². The molecule has 2 heterocycles. The van der Waals surface area contributed by atoms with Crippen molar-refractivity contribution in [1.82, 2.24) is 19.0 Å². The molecule has 33 heavy (non-hydrogen) atoms. The SMILES string of the molecule is CN1CCCN(Cc2ccc(-c3ccc(S(=O)(=O)N4CCN(C)CC4)cc3)c(C#N)c2)CC1. The summed E-state index contributed by atoms with van der Waals surface area (Å²) >= 11 is 0. The monoisotopic (exact) mass is 467 g/mol. The Kier molecular flexibility index (Phi) is 7.47. The lowest BCUT2D eigenvalue weighted by Gasteiger charge is -2.31. The van der Waals surface area contributed by atoms with E-state index in [2.05, 4.69) is 33.9 Å². The van der Waals surface area contributed by atoms with Gasteiger partial charge in [-0.1, -0.05) is 24.3 Å². The third-order valence-corrected chi connectivity index (χ3v) is 8.60. The molecule has 0 aromatic heterocycles. The fourth-order valence-corrected chi connectivity index (χ4v) is 5.96. The van der Waals surface area contributed by atoms with Gasteiger partial charge in [-0.2, -0.15) is 9.57 Å². The molecule has 0 unspecified atom stereocenters. The summed E-state index contributed by atoms with van der Waals surface area (Å²) in [5.74, 6) is 0. The molecule has 0 amide bonds. The van der Waals surface area contributed by atoms with E-state index in [1.807, 2.05) is 31.3 Å². The highest BCUT2D eigenvalue weighted by molar-refractivity contribution is 7.89. The number of benzene rings is 2. The molecule has 0 spiro atoms. The molecule has 0 saturated carbocycles. The summed E-state index contributed by atoms with van der Waals surface area (Å²) in [4.78, 5) is 7.24. The number of hydrogen-bond acceptors (Lipinski definition) is 6. The largest absolute Gasteiger partial charge is 0.305 e. The molecule has 0 aliphatic carbocycles. The van der Waals surface area contributed by atoms with Crippen molar-refractivity contribution in [3.05, 3.63) is 53.6 Å². The Hall–Kier alpha value is -2.28. The average Bonchev–Trinajstić information content (AvgIpc) is 3.03. The molecule has 2 aromatic rings. The summed E-state index contributed by atoms with van der Waals surface area (Å²) in [6.45, 7) is 7.62. The van der Waals surface area contributed by atoms with Crippen LogP contribution in [0.3, 0.4) is 0 Å². The number of rotatable bonds is 5. The Morgan fingerprint density at radius 1 is 0.848 bits per heavy atom. The van der Waals surface area contributed by atoms with E-state index in [4.69, 9.17) is 0 Å². The molecule has 2 aromatic carbocycles. The molecule has 0 atom stereocenters. The van der Waals surface area contributed by atoms with Crippen LogP contribution in [-0.2, 0) is 16.6 Å². The number of hydrogen-bond donors (Lipinski definition) is 0. The highest BCUT2D eigenvalue weighted by Crippen LogP contribution is 2.27. The number of nitrogens with zero attached hydrogens (tertiary/aromatic N) is 5. The fraction of sp³-hybridized carbons (Fsp3) is 0.480. The van der Waals surface area contributed by atoms with Crippen LogP contribution >= 0.6 is 0 Å². The predicted molar refractivity (Wildman–Crippen MR) is 130 cm³/mol. The Morgan fingerprint density at radius 2 is 1.52 bits per heavy atom. The maximum absolute atomic E-state index is 13.0. The molecule has 2 fully saturated rings. The predicted octanol–water partition coefficient (Wildman–Crippen LogP) is 2.30. The van der Waals surface area contributed by atoms with Crippen molar-refractivity contribution in [2.24, 2.45) is 0 Å². The van der Waals surface area contributed by atoms with E-state index in [0.717, 1.165) is 68.9 Å². The Balaban J connectivity index is 1.50. The first kappa shape index (κ1) is 23.9. The van der Waals surface area contributed by atoms with Crippen molar-refractivity contribution in [3.63, 3.8) is 0 Å². The molecular formula is C25H33N5O2S. The first-order chi connectivity index (χ1) is 15.9. The highest BCUT2D eigenvalue weighted by atomic mass is 32.2. The summed E-state index contributed by atoms with van der Waals surface area (Å²) in [7, 11) is 0.666. The summed E-state index contributed by atoms with van der Waals surface area (Å²) in [6, 6.07) is 15.3. The molecule has 8 heteroatoms. The van der Waals surface area contributed by atoms with E-state index in [-0.39, 0.29) is 0 Å². The molecule has 2 aliphatic heterocycles. The van der Waals surface area contributed by atoms with Crippen molar-refractivity contribution in [2.45, 2.75) is 17.9 Å². The van der Waals surface area contributed by atoms with E-state index in [0.29, 0.717) is 23.5 Å². The minimum absolute atomic E-state index is 0.303. The van der Waals surface area contributed by atoms with Crippen LogP contribution in [0.25, 0.3) is 11.1 Å². The molecule has 0 bridgehead atoms. The second-order valence-electron chi connectivity index (χ2n) is 9.16. The standard InChI is InChI=1S/C25H33N5O2S/c1-27-10-3-11-29(15-12-27)20-21-4-9-25(23(18-21)19-26)22-5-7-24(8-6-22)33(31,32)30-16-13-28(2)14-17-30/h4-9,18H,3,10-17,20H2,1-2H3. The van der Waals surface area contributed by atoms with E-state index in [1.165, 1.54) is 0 Å². The second kappa shape index (κ2) is 10.3. The van der Waals surface area contributed by atoms with Crippen molar-refractivity contribution in [1.29, 1.82) is 5.26 Å². The number of likely N-dealkylation sites (N-methyl/N-ethyl adjacent to an activating group) is 2. The van der Waals surface area contributed by atoms with Gasteiger partial charge < -0.3 is 9.80 Å². The van der Waals surface area contributed by atoms with Gasteiger partial charge in [0.1, 0.15) is 0 Å². The van der Waals surface area contributed by atoms with E-state index in [1.54, 1.807) is 16.4 Å². The van der Waals surface area contributed by atoms with Crippen LogP contribution in [0.5, 0.6) is 0 Å². The first-order valence-electron chi connectivity index (χ1n) is 11.6. The quantitative estimate of drug-likeness (QED) is 0.672. The van der Waals surface area contributed by atoms with Gasteiger partial charge in [0, 0.05) is 45.8 Å². The topological polar surface area (TPSA) is 70.9 Å². The summed E-state index contributed by atoms with van der Waals surface area (Å²) in [6.07, 6.45) is 1.16. The Bertz CT molecular complexity index is 1100. The summed E-state index contributed by atoms with van der Waals surface area (Å²) in [5.41, 5.74) is 3.44. The van der Waals surface area contributed by atoms with Crippen LogP contribution in [0.4, 0.5) is 0 Å². The van der Waals surface area contributed by atoms with Crippen LogP contribution in [0, 0.1) is 11.3 Å². The molecular weight excluding hydrogens is 434 g/mol. The molecule has 2 saturated heterocycles. The molecule has 0 radical (unpaired) electrons. The molecule has 7 nitrogen and oxygen atoms in total. The lowest BCUT2D eigenvalue weighted by Crippen LogP contribution is -2.46.